The molecule has 1 saturated carbocycles. The first-order valence-corrected chi connectivity index (χ1v) is 12.2. The maximum absolute atomic E-state index is 11.1. The molecule has 0 radical (unpaired) electrons. The van der Waals surface area contributed by atoms with Crippen LogP contribution in [0.5, 0.6) is 11.5 Å². The number of ether oxygens (including phenoxy) is 2. The summed E-state index contributed by atoms with van der Waals surface area (Å²) in [4.78, 5) is 13.7. The molecular weight excluding hydrogens is 426 g/mol. The third kappa shape index (κ3) is 4.49. The molecule has 1 aliphatic heterocycles. The second kappa shape index (κ2) is 9.30. The van der Waals surface area contributed by atoms with E-state index >= 15 is 0 Å². The first-order valence-electron chi connectivity index (χ1n) is 12.2. The zero-order valence-electron chi connectivity index (χ0n) is 20.1. The smallest absolute Gasteiger partial charge is 0.303 e. The Morgan fingerprint density at radius 3 is 2.21 bits per heavy atom. The summed E-state index contributed by atoms with van der Waals surface area (Å²) in [5.41, 5.74) is 4.88. The van der Waals surface area contributed by atoms with Crippen molar-refractivity contribution in [3.63, 3.8) is 0 Å². The van der Waals surface area contributed by atoms with Crippen molar-refractivity contribution in [2.45, 2.75) is 45.1 Å². The molecule has 178 valence electrons. The van der Waals surface area contributed by atoms with Gasteiger partial charge in [0.2, 0.25) is 0 Å². The molecule has 2 aliphatic rings. The maximum Gasteiger partial charge on any atom is 0.303 e. The van der Waals surface area contributed by atoms with Crippen LogP contribution in [0.4, 0.5) is 0 Å². The van der Waals surface area contributed by atoms with Gasteiger partial charge in [-0.25, -0.2) is 0 Å². The maximum atomic E-state index is 11.1. The fourth-order valence-electron chi connectivity index (χ4n) is 5.50. The lowest BCUT2D eigenvalue weighted by Gasteiger charge is -2.32. The number of nitrogens with zero attached hydrogens (tertiary/aromatic N) is 1. The van der Waals surface area contributed by atoms with Gasteiger partial charge in [-0.2, -0.15) is 0 Å². The molecule has 5 nitrogen and oxygen atoms in total. The third-order valence-electron chi connectivity index (χ3n) is 7.74. The van der Waals surface area contributed by atoms with E-state index in [4.69, 9.17) is 14.6 Å². The van der Waals surface area contributed by atoms with Crippen LogP contribution >= 0.6 is 0 Å². The largest absolute Gasteiger partial charge is 0.496 e. The first kappa shape index (κ1) is 22.7. The van der Waals surface area contributed by atoms with E-state index in [9.17, 15) is 4.79 Å². The Kier molecular flexibility index (Phi) is 6.22. The van der Waals surface area contributed by atoms with Crippen molar-refractivity contribution in [2.75, 3.05) is 27.3 Å². The van der Waals surface area contributed by atoms with E-state index in [-0.39, 0.29) is 6.42 Å². The molecule has 0 aromatic heterocycles. The minimum absolute atomic E-state index is 0.113. The Bertz CT molecular complexity index is 1180. The van der Waals surface area contributed by atoms with Gasteiger partial charge in [-0.1, -0.05) is 36.4 Å². The molecule has 5 rings (SSSR count). The second-order valence-electron chi connectivity index (χ2n) is 9.86. The molecule has 1 N–H and O–H groups in total. The summed E-state index contributed by atoms with van der Waals surface area (Å²) in [6.07, 6.45) is 6.09. The van der Waals surface area contributed by atoms with Crippen LogP contribution in [0.15, 0.2) is 48.5 Å². The van der Waals surface area contributed by atoms with Crippen molar-refractivity contribution in [3.05, 3.63) is 59.7 Å². The molecule has 0 amide bonds. The number of methoxy groups -OCH3 is 2. The molecule has 1 saturated heterocycles. The third-order valence-corrected chi connectivity index (χ3v) is 7.74. The van der Waals surface area contributed by atoms with Gasteiger partial charge < -0.3 is 14.6 Å². The highest BCUT2D eigenvalue weighted by Crippen LogP contribution is 2.53. The van der Waals surface area contributed by atoms with Gasteiger partial charge in [0.25, 0.3) is 0 Å². The molecule has 1 spiro atoms. The molecule has 5 heteroatoms. The molecule has 34 heavy (non-hydrogen) atoms. The summed E-state index contributed by atoms with van der Waals surface area (Å²) in [5.74, 6) is 0.815. The predicted octanol–water partition coefficient (Wildman–Crippen LogP) is 5.92. The van der Waals surface area contributed by atoms with Gasteiger partial charge in [-0.05, 0) is 90.2 Å². The summed E-state index contributed by atoms with van der Waals surface area (Å²) in [6.45, 7) is 3.22. The van der Waals surface area contributed by atoms with E-state index in [1.807, 2.05) is 18.2 Å². The lowest BCUT2D eigenvalue weighted by Crippen LogP contribution is -2.33. The van der Waals surface area contributed by atoms with E-state index in [0.717, 1.165) is 58.6 Å². The number of hydrogen-bond acceptors (Lipinski definition) is 4. The van der Waals surface area contributed by atoms with Crippen LogP contribution in [-0.2, 0) is 17.8 Å². The number of aryl methyl sites for hydroxylation is 1. The highest BCUT2D eigenvalue weighted by molar-refractivity contribution is 6.01. The van der Waals surface area contributed by atoms with Crippen LogP contribution in [0.25, 0.3) is 21.9 Å². The monoisotopic (exact) mass is 459 g/mol. The van der Waals surface area contributed by atoms with Crippen LogP contribution in [0.2, 0.25) is 0 Å². The molecule has 2 fully saturated rings. The summed E-state index contributed by atoms with van der Waals surface area (Å²) in [6, 6.07) is 16.6. The Balaban J connectivity index is 1.50. The predicted molar refractivity (Wildman–Crippen MR) is 135 cm³/mol. The van der Waals surface area contributed by atoms with Crippen molar-refractivity contribution in [2.24, 2.45) is 5.41 Å². The second-order valence-corrected chi connectivity index (χ2v) is 9.86. The molecule has 3 aromatic rings. The normalized spacial score (nSPS) is 17.1. The van der Waals surface area contributed by atoms with E-state index in [1.165, 1.54) is 31.2 Å². The molecule has 1 aliphatic carbocycles. The van der Waals surface area contributed by atoms with Crippen LogP contribution < -0.4 is 9.47 Å². The number of fused-ring (bicyclic) bond motifs is 1. The molecule has 1 heterocycles. The van der Waals surface area contributed by atoms with Gasteiger partial charge in [0.05, 0.1) is 19.8 Å². The van der Waals surface area contributed by atoms with E-state index in [1.54, 1.807) is 14.2 Å². The van der Waals surface area contributed by atoms with Crippen molar-refractivity contribution >= 4 is 16.7 Å². The summed E-state index contributed by atoms with van der Waals surface area (Å²) >= 11 is 0. The number of likely N-dealkylation sites (tertiary alicyclic amines) is 1. The number of carbonyl (C=O) groups is 1. The summed E-state index contributed by atoms with van der Waals surface area (Å²) in [5, 5.41) is 11.3. The standard InChI is InChI=1S/C29H33NO4/c1-33-25-17-20(19-30-15-13-29(11-12-29)14-16-30)18-26(34-2)28(25)24-8-4-6-22-21(9-10-27(31)32)5-3-7-23(22)24/h3-8,17-18H,9-16,19H2,1-2H3,(H,31,32). The lowest BCUT2D eigenvalue weighted by atomic mass is 9.92. The highest BCUT2D eigenvalue weighted by Gasteiger charge is 2.44. The minimum Gasteiger partial charge on any atom is -0.496 e. The lowest BCUT2D eigenvalue weighted by molar-refractivity contribution is -0.136. The van der Waals surface area contributed by atoms with Gasteiger partial charge in [0, 0.05) is 13.0 Å². The minimum atomic E-state index is -0.784. The van der Waals surface area contributed by atoms with E-state index in [2.05, 4.69) is 35.2 Å². The quantitative estimate of drug-likeness (QED) is 0.453. The van der Waals surface area contributed by atoms with Gasteiger partial charge in [0.15, 0.2) is 0 Å². The zero-order valence-corrected chi connectivity index (χ0v) is 20.1. The number of carboxylic acid groups (broad SMARTS) is 1. The van der Waals surface area contributed by atoms with Crippen molar-refractivity contribution in [1.29, 1.82) is 0 Å². The van der Waals surface area contributed by atoms with Crippen molar-refractivity contribution in [1.82, 2.24) is 4.90 Å². The van der Waals surface area contributed by atoms with Gasteiger partial charge in [-0.15, -0.1) is 0 Å². The summed E-state index contributed by atoms with van der Waals surface area (Å²) < 4.78 is 11.8. The molecule has 0 unspecified atom stereocenters. The highest BCUT2D eigenvalue weighted by atomic mass is 16.5. The Hall–Kier alpha value is -3.05. The van der Waals surface area contributed by atoms with Crippen LogP contribution in [0.1, 0.15) is 43.2 Å². The van der Waals surface area contributed by atoms with E-state index < -0.39 is 5.97 Å². The number of rotatable bonds is 8. The fraction of sp³-hybridized carbons (Fsp3) is 0.414. The molecule has 0 atom stereocenters. The fourth-order valence-corrected chi connectivity index (χ4v) is 5.50. The van der Waals surface area contributed by atoms with Gasteiger partial charge in [0.1, 0.15) is 11.5 Å². The van der Waals surface area contributed by atoms with Crippen LogP contribution in [0, 0.1) is 5.41 Å². The number of benzene rings is 3. The van der Waals surface area contributed by atoms with Crippen molar-refractivity contribution < 1.29 is 19.4 Å². The number of carboxylic acids is 1. The molecule has 0 bridgehead atoms. The number of aliphatic carboxylic acids is 1. The average Bonchev–Trinajstić information content (AvgIpc) is 3.62. The Morgan fingerprint density at radius 2 is 1.59 bits per heavy atom. The van der Waals surface area contributed by atoms with Crippen LogP contribution in [0.3, 0.4) is 0 Å². The topological polar surface area (TPSA) is 59.0 Å². The average molecular weight is 460 g/mol. The molecular formula is C29H33NO4. The summed E-state index contributed by atoms with van der Waals surface area (Å²) in [7, 11) is 3.42. The van der Waals surface area contributed by atoms with Crippen molar-refractivity contribution in [3.8, 4) is 22.6 Å². The van der Waals surface area contributed by atoms with Gasteiger partial charge in [-0.3, -0.25) is 9.69 Å². The molecule has 3 aromatic carbocycles. The number of hydrogen-bond donors (Lipinski definition) is 1. The van der Waals surface area contributed by atoms with E-state index in [0.29, 0.717) is 11.8 Å². The Labute approximate surface area is 201 Å². The number of piperidine rings is 1. The van der Waals surface area contributed by atoms with Gasteiger partial charge >= 0.3 is 5.97 Å². The van der Waals surface area contributed by atoms with Crippen LogP contribution in [-0.4, -0.2) is 43.3 Å². The SMILES string of the molecule is COc1cc(CN2CCC3(CC2)CC3)cc(OC)c1-c1cccc2c(CCC(=O)O)cccc12. The first-order chi connectivity index (χ1) is 16.5. The zero-order chi connectivity index (χ0) is 23.7. The Morgan fingerprint density at radius 1 is 0.941 bits per heavy atom.